The standard InChI is InChI=1S/C10H21N/c1-7-8(11)10(5,6)9(2,3)4/h11H,7H2,1-6H3. The van der Waals surface area contributed by atoms with Crippen molar-refractivity contribution in [3.8, 4) is 0 Å². The largest absolute Gasteiger partial charge is 0.309 e. The fourth-order valence-electron chi connectivity index (χ4n) is 0.895. The van der Waals surface area contributed by atoms with E-state index < -0.39 is 0 Å². The summed E-state index contributed by atoms with van der Waals surface area (Å²) in [5, 5.41) is 7.80. The molecule has 1 N–H and O–H groups in total. The fourth-order valence-corrected chi connectivity index (χ4v) is 0.895. The lowest BCUT2D eigenvalue weighted by Crippen LogP contribution is -2.36. The molecule has 0 saturated carbocycles. The van der Waals surface area contributed by atoms with Gasteiger partial charge in [0.05, 0.1) is 0 Å². The highest BCUT2D eigenvalue weighted by atomic mass is 14.5. The number of hydrogen-bond acceptors (Lipinski definition) is 1. The molecule has 0 spiro atoms. The van der Waals surface area contributed by atoms with Crippen molar-refractivity contribution < 1.29 is 0 Å². The quantitative estimate of drug-likeness (QED) is 0.590. The van der Waals surface area contributed by atoms with Crippen LogP contribution >= 0.6 is 0 Å². The van der Waals surface area contributed by atoms with Gasteiger partial charge < -0.3 is 5.41 Å². The number of hydrogen-bond donors (Lipinski definition) is 1. The smallest absolute Gasteiger partial charge is 0.0148 e. The van der Waals surface area contributed by atoms with E-state index in [1.54, 1.807) is 0 Å². The molecule has 1 nitrogen and oxygen atoms in total. The Bertz CT molecular complexity index is 149. The van der Waals surface area contributed by atoms with Crippen LogP contribution in [0.15, 0.2) is 0 Å². The van der Waals surface area contributed by atoms with Gasteiger partial charge in [-0.15, -0.1) is 0 Å². The van der Waals surface area contributed by atoms with Crippen LogP contribution in [0.4, 0.5) is 0 Å². The first-order valence-electron chi connectivity index (χ1n) is 4.31. The first kappa shape index (κ1) is 10.7. The van der Waals surface area contributed by atoms with Gasteiger partial charge in [-0.2, -0.15) is 0 Å². The van der Waals surface area contributed by atoms with E-state index in [1.807, 2.05) is 0 Å². The van der Waals surface area contributed by atoms with E-state index in [9.17, 15) is 0 Å². The van der Waals surface area contributed by atoms with Gasteiger partial charge >= 0.3 is 0 Å². The maximum atomic E-state index is 7.80. The van der Waals surface area contributed by atoms with Crippen molar-refractivity contribution in [3.05, 3.63) is 0 Å². The predicted molar refractivity (Wildman–Crippen MR) is 51.3 cm³/mol. The van der Waals surface area contributed by atoms with Crippen LogP contribution in [-0.2, 0) is 0 Å². The molecule has 0 unspecified atom stereocenters. The lowest BCUT2D eigenvalue weighted by atomic mass is 9.66. The molecule has 1 heteroatoms. The minimum absolute atomic E-state index is 0.0295. The third kappa shape index (κ3) is 2.05. The third-order valence-electron chi connectivity index (χ3n) is 2.98. The summed E-state index contributed by atoms with van der Waals surface area (Å²) in [6.07, 6.45) is 0.865. The maximum Gasteiger partial charge on any atom is 0.0148 e. The molecule has 0 bridgehead atoms. The molecule has 0 aromatic rings. The van der Waals surface area contributed by atoms with E-state index in [-0.39, 0.29) is 10.8 Å². The van der Waals surface area contributed by atoms with Gasteiger partial charge in [-0.25, -0.2) is 0 Å². The highest BCUT2D eigenvalue weighted by molar-refractivity contribution is 5.87. The summed E-state index contributed by atoms with van der Waals surface area (Å²) in [7, 11) is 0. The topological polar surface area (TPSA) is 23.9 Å². The molecular weight excluding hydrogens is 134 g/mol. The second-order valence-electron chi connectivity index (χ2n) is 4.71. The summed E-state index contributed by atoms with van der Waals surface area (Å²) in [5.41, 5.74) is 1.08. The first-order valence-corrected chi connectivity index (χ1v) is 4.31. The predicted octanol–water partition coefficient (Wildman–Crippen LogP) is 3.49. The Morgan fingerprint density at radius 1 is 1.09 bits per heavy atom. The molecule has 0 saturated heterocycles. The molecular formula is C10H21N. The summed E-state index contributed by atoms with van der Waals surface area (Å²) in [4.78, 5) is 0. The van der Waals surface area contributed by atoms with Crippen molar-refractivity contribution in [1.82, 2.24) is 0 Å². The molecule has 0 amide bonds. The van der Waals surface area contributed by atoms with Gasteiger partial charge in [0.15, 0.2) is 0 Å². The molecule has 0 aliphatic rings. The number of rotatable bonds is 2. The normalized spacial score (nSPS) is 13.3. The van der Waals surface area contributed by atoms with Crippen LogP contribution in [0, 0.1) is 16.2 Å². The molecule has 11 heavy (non-hydrogen) atoms. The van der Waals surface area contributed by atoms with Crippen LogP contribution in [0.25, 0.3) is 0 Å². The van der Waals surface area contributed by atoms with Gasteiger partial charge in [-0.3, -0.25) is 0 Å². The average molecular weight is 155 g/mol. The van der Waals surface area contributed by atoms with Crippen molar-refractivity contribution >= 4 is 5.71 Å². The molecule has 0 fully saturated rings. The second-order valence-corrected chi connectivity index (χ2v) is 4.71. The Morgan fingerprint density at radius 3 is 1.55 bits per heavy atom. The Kier molecular flexibility index (Phi) is 2.87. The molecule has 0 heterocycles. The Balaban J connectivity index is 4.59. The molecule has 0 aromatic carbocycles. The summed E-state index contributed by atoms with van der Waals surface area (Å²) in [6.45, 7) is 12.9. The average Bonchev–Trinajstić information content (AvgIpc) is 1.83. The third-order valence-corrected chi connectivity index (χ3v) is 2.98. The number of nitrogens with one attached hydrogen (secondary N) is 1. The maximum absolute atomic E-state index is 7.80. The van der Waals surface area contributed by atoms with E-state index in [4.69, 9.17) is 5.41 Å². The van der Waals surface area contributed by atoms with Crippen LogP contribution in [0.1, 0.15) is 48.0 Å². The molecule has 0 aliphatic carbocycles. The van der Waals surface area contributed by atoms with Crippen molar-refractivity contribution in [2.24, 2.45) is 10.8 Å². The molecule has 0 atom stereocenters. The van der Waals surface area contributed by atoms with Crippen LogP contribution < -0.4 is 0 Å². The van der Waals surface area contributed by atoms with Crippen molar-refractivity contribution in [1.29, 1.82) is 5.41 Å². The van der Waals surface area contributed by atoms with Gasteiger partial charge in [-0.1, -0.05) is 41.5 Å². The molecule has 66 valence electrons. The summed E-state index contributed by atoms with van der Waals surface area (Å²) < 4.78 is 0. The van der Waals surface area contributed by atoms with Gasteiger partial charge in [0.2, 0.25) is 0 Å². The van der Waals surface area contributed by atoms with Crippen LogP contribution in [0.2, 0.25) is 0 Å². The summed E-state index contributed by atoms with van der Waals surface area (Å²) in [5.74, 6) is 0. The van der Waals surface area contributed by atoms with E-state index in [2.05, 4.69) is 41.5 Å². The summed E-state index contributed by atoms with van der Waals surface area (Å²) in [6, 6.07) is 0. The van der Waals surface area contributed by atoms with Crippen molar-refractivity contribution in [3.63, 3.8) is 0 Å². The van der Waals surface area contributed by atoms with Crippen molar-refractivity contribution in [2.45, 2.75) is 48.0 Å². The zero-order valence-electron chi connectivity index (χ0n) is 8.71. The minimum Gasteiger partial charge on any atom is -0.309 e. The second kappa shape index (κ2) is 2.96. The summed E-state index contributed by atoms with van der Waals surface area (Å²) >= 11 is 0. The molecule has 0 aliphatic heterocycles. The van der Waals surface area contributed by atoms with Crippen molar-refractivity contribution in [2.75, 3.05) is 0 Å². The Hall–Kier alpha value is -0.330. The Morgan fingerprint density at radius 2 is 1.45 bits per heavy atom. The van der Waals surface area contributed by atoms with E-state index in [1.165, 1.54) is 0 Å². The molecule has 0 aromatic heterocycles. The van der Waals surface area contributed by atoms with Crippen LogP contribution in [0.5, 0.6) is 0 Å². The Labute approximate surface area is 70.7 Å². The highest BCUT2D eigenvalue weighted by Crippen LogP contribution is 2.39. The van der Waals surface area contributed by atoms with E-state index >= 15 is 0 Å². The monoisotopic (exact) mass is 155 g/mol. The van der Waals surface area contributed by atoms with Crippen LogP contribution in [0.3, 0.4) is 0 Å². The highest BCUT2D eigenvalue weighted by Gasteiger charge is 2.35. The fraction of sp³-hybridized carbons (Fsp3) is 0.900. The molecule has 0 radical (unpaired) electrons. The van der Waals surface area contributed by atoms with Crippen LogP contribution in [-0.4, -0.2) is 5.71 Å². The zero-order valence-corrected chi connectivity index (χ0v) is 8.71. The van der Waals surface area contributed by atoms with E-state index in [0.717, 1.165) is 12.1 Å². The first-order chi connectivity index (χ1) is 4.73. The van der Waals surface area contributed by atoms with Gasteiger partial charge in [-0.05, 0) is 11.8 Å². The minimum atomic E-state index is 0.0295. The van der Waals surface area contributed by atoms with Gasteiger partial charge in [0, 0.05) is 11.1 Å². The van der Waals surface area contributed by atoms with E-state index in [0.29, 0.717) is 0 Å². The lowest BCUT2D eigenvalue weighted by Gasteiger charge is -2.39. The molecule has 0 rings (SSSR count). The SMILES string of the molecule is CCC(=N)C(C)(C)C(C)(C)C. The lowest BCUT2D eigenvalue weighted by molar-refractivity contribution is 0.212. The van der Waals surface area contributed by atoms with Gasteiger partial charge in [0.25, 0.3) is 0 Å². The van der Waals surface area contributed by atoms with Gasteiger partial charge in [0.1, 0.15) is 0 Å². The zero-order chi connectivity index (χ0) is 9.28.